The minimum Gasteiger partial charge on any atom is -0.312 e. The Bertz CT molecular complexity index is 635. The fraction of sp³-hybridized carbons (Fsp3) is 0.412. The van der Waals surface area contributed by atoms with Gasteiger partial charge in [-0.3, -0.25) is 0 Å². The summed E-state index contributed by atoms with van der Waals surface area (Å²) in [5, 5.41) is 3.39. The van der Waals surface area contributed by atoms with Gasteiger partial charge in [0.05, 0.1) is 11.4 Å². The van der Waals surface area contributed by atoms with Crippen LogP contribution in [0.15, 0.2) is 24.3 Å². The quantitative estimate of drug-likeness (QED) is 0.942. The third-order valence-corrected chi connectivity index (χ3v) is 3.83. The summed E-state index contributed by atoms with van der Waals surface area (Å²) in [6, 6.07) is 6.57. The summed E-state index contributed by atoms with van der Waals surface area (Å²) in [6.07, 6.45) is 1.61. The van der Waals surface area contributed by atoms with Crippen LogP contribution in [0.3, 0.4) is 0 Å². The van der Waals surface area contributed by atoms with Crippen LogP contribution in [-0.4, -0.2) is 16.5 Å². The second kappa shape index (κ2) is 5.90. The highest BCUT2D eigenvalue weighted by molar-refractivity contribution is 5.31. The second-order valence-electron chi connectivity index (χ2n) is 5.84. The van der Waals surface area contributed by atoms with E-state index < -0.39 is 0 Å². The van der Waals surface area contributed by atoms with Crippen molar-refractivity contribution in [1.29, 1.82) is 0 Å². The van der Waals surface area contributed by atoms with Gasteiger partial charge in [-0.1, -0.05) is 26.0 Å². The second-order valence-corrected chi connectivity index (χ2v) is 5.84. The minimum atomic E-state index is -0.209. The van der Waals surface area contributed by atoms with Gasteiger partial charge in [-0.15, -0.1) is 0 Å². The SMILES string of the molecule is CC(C)c1nc(Cc2ccc(F)cc2)nc2c1CNCC2. The molecular weight excluding hydrogens is 265 g/mol. The molecule has 1 aliphatic heterocycles. The summed E-state index contributed by atoms with van der Waals surface area (Å²) in [4.78, 5) is 9.49. The largest absolute Gasteiger partial charge is 0.312 e. The minimum absolute atomic E-state index is 0.209. The average Bonchev–Trinajstić information content (AvgIpc) is 2.48. The lowest BCUT2D eigenvalue weighted by atomic mass is 9.98. The Kier molecular flexibility index (Phi) is 3.97. The van der Waals surface area contributed by atoms with Crippen LogP contribution < -0.4 is 5.32 Å². The van der Waals surface area contributed by atoms with E-state index in [1.165, 1.54) is 23.4 Å². The molecule has 0 spiro atoms. The summed E-state index contributed by atoms with van der Waals surface area (Å²) in [7, 11) is 0. The summed E-state index contributed by atoms with van der Waals surface area (Å²) in [6.45, 7) is 6.16. The first-order chi connectivity index (χ1) is 10.1. The maximum atomic E-state index is 13.0. The lowest BCUT2D eigenvalue weighted by molar-refractivity contribution is 0.601. The molecule has 0 radical (unpaired) electrons. The first kappa shape index (κ1) is 14.1. The number of nitrogens with zero attached hydrogens (tertiary/aromatic N) is 2. The Labute approximate surface area is 124 Å². The molecule has 3 rings (SSSR count). The monoisotopic (exact) mass is 285 g/mol. The van der Waals surface area contributed by atoms with E-state index >= 15 is 0 Å². The normalized spacial score (nSPS) is 14.3. The van der Waals surface area contributed by atoms with E-state index in [-0.39, 0.29) is 5.82 Å². The molecule has 4 heteroatoms. The molecular formula is C17H20FN3. The van der Waals surface area contributed by atoms with Crippen molar-refractivity contribution in [3.8, 4) is 0 Å². The summed E-state index contributed by atoms with van der Waals surface area (Å²) in [5.74, 6) is 1.01. The number of benzene rings is 1. The van der Waals surface area contributed by atoms with Gasteiger partial charge in [-0.2, -0.15) is 0 Å². The van der Waals surface area contributed by atoms with Crippen molar-refractivity contribution in [2.24, 2.45) is 0 Å². The van der Waals surface area contributed by atoms with Gasteiger partial charge in [0.15, 0.2) is 0 Å². The first-order valence-electron chi connectivity index (χ1n) is 7.47. The molecule has 1 aliphatic rings. The predicted octanol–water partition coefficient (Wildman–Crippen LogP) is 2.98. The summed E-state index contributed by atoms with van der Waals surface area (Å²) < 4.78 is 13.0. The molecule has 0 unspecified atom stereocenters. The van der Waals surface area contributed by atoms with Gasteiger partial charge in [-0.25, -0.2) is 14.4 Å². The first-order valence-corrected chi connectivity index (χ1v) is 7.47. The van der Waals surface area contributed by atoms with Crippen molar-refractivity contribution in [2.75, 3.05) is 6.54 Å². The molecule has 0 atom stereocenters. The lowest BCUT2D eigenvalue weighted by Crippen LogP contribution is -2.27. The Morgan fingerprint density at radius 1 is 1.19 bits per heavy atom. The molecule has 1 aromatic heterocycles. The molecule has 0 aliphatic carbocycles. The number of halogens is 1. The highest BCUT2D eigenvalue weighted by Gasteiger charge is 2.19. The maximum Gasteiger partial charge on any atom is 0.133 e. The Morgan fingerprint density at radius 3 is 2.67 bits per heavy atom. The Balaban J connectivity index is 1.95. The number of hydrogen-bond donors (Lipinski definition) is 1. The van der Waals surface area contributed by atoms with E-state index in [1.54, 1.807) is 12.1 Å². The Hall–Kier alpha value is -1.81. The van der Waals surface area contributed by atoms with Crippen LogP contribution in [0.2, 0.25) is 0 Å². The van der Waals surface area contributed by atoms with Gasteiger partial charge in [-0.05, 0) is 23.6 Å². The zero-order valence-corrected chi connectivity index (χ0v) is 12.5. The maximum absolute atomic E-state index is 13.0. The van der Waals surface area contributed by atoms with Crippen LogP contribution in [0, 0.1) is 5.82 Å². The van der Waals surface area contributed by atoms with E-state index in [0.29, 0.717) is 12.3 Å². The highest BCUT2D eigenvalue weighted by atomic mass is 19.1. The molecule has 0 saturated heterocycles. The van der Waals surface area contributed by atoms with Crippen molar-refractivity contribution < 1.29 is 4.39 Å². The van der Waals surface area contributed by atoms with E-state index in [0.717, 1.165) is 36.6 Å². The number of rotatable bonds is 3. The van der Waals surface area contributed by atoms with Crippen molar-refractivity contribution >= 4 is 0 Å². The predicted molar refractivity (Wildman–Crippen MR) is 80.7 cm³/mol. The average molecular weight is 285 g/mol. The molecule has 0 saturated carbocycles. The molecule has 3 nitrogen and oxygen atoms in total. The van der Waals surface area contributed by atoms with Gasteiger partial charge in [0.25, 0.3) is 0 Å². The number of hydrogen-bond acceptors (Lipinski definition) is 3. The summed E-state index contributed by atoms with van der Waals surface area (Å²) >= 11 is 0. The fourth-order valence-corrected chi connectivity index (χ4v) is 2.76. The van der Waals surface area contributed by atoms with Crippen LogP contribution in [0.4, 0.5) is 4.39 Å². The lowest BCUT2D eigenvalue weighted by Gasteiger charge is -2.21. The van der Waals surface area contributed by atoms with Gasteiger partial charge in [0.1, 0.15) is 11.6 Å². The third-order valence-electron chi connectivity index (χ3n) is 3.83. The van der Waals surface area contributed by atoms with Crippen molar-refractivity contribution in [2.45, 2.75) is 39.2 Å². The van der Waals surface area contributed by atoms with E-state index in [1.807, 2.05) is 0 Å². The van der Waals surface area contributed by atoms with E-state index in [9.17, 15) is 4.39 Å². The van der Waals surface area contributed by atoms with Crippen LogP contribution in [0.25, 0.3) is 0 Å². The molecule has 0 fully saturated rings. The molecule has 21 heavy (non-hydrogen) atoms. The van der Waals surface area contributed by atoms with Crippen molar-refractivity contribution in [3.63, 3.8) is 0 Å². The Morgan fingerprint density at radius 2 is 1.95 bits per heavy atom. The molecule has 110 valence electrons. The van der Waals surface area contributed by atoms with Crippen LogP contribution >= 0.6 is 0 Å². The standard InChI is InChI=1S/C17H20FN3/c1-11(2)17-14-10-19-8-7-15(14)20-16(21-17)9-12-3-5-13(18)6-4-12/h3-6,11,19H,7-10H2,1-2H3. The highest BCUT2D eigenvalue weighted by Crippen LogP contribution is 2.23. The molecule has 1 aromatic carbocycles. The number of nitrogens with one attached hydrogen (secondary N) is 1. The molecule has 1 N–H and O–H groups in total. The fourth-order valence-electron chi connectivity index (χ4n) is 2.76. The van der Waals surface area contributed by atoms with Crippen molar-refractivity contribution in [3.05, 3.63) is 58.4 Å². The zero-order valence-electron chi connectivity index (χ0n) is 12.5. The van der Waals surface area contributed by atoms with Gasteiger partial charge >= 0.3 is 0 Å². The van der Waals surface area contributed by atoms with Crippen molar-refractivity contribution in [1.82, 2.24) is 15.3 Å². The van der Waals surface area contributed by atoms with Gasteiger partial charge in [0.2, 0.25) is 0 Å². The molecule has 0 amide bonds. The smallest absolute Gasteiger partial charge is 0.133 e. The molecule has 2 aromatic rings. The molecule has 2 heterocycles. The van der Waals surface area contributed by atoms with Gasteiger partial charge in [0, 0.05) is 31.5 Å². The number of fused-ring (bicyclic) bond motifs is 1. The summed E-state index contributed by atoms with van der Waals surface area (Å²) in [5.41, 5.74) is 4.62. The van der Waals surface area contributed by atoms with Crippen LogP contribution in [0.1, 0.15) is 48.1 Å². The third kappa shape index (κ3) is 3.10. The number of aromatic nitrogens is 2. The van der Waals surface area contributed by atoms with Crippen LogP contribution in [0.5, 0.6) is 0 Å². The van der Waals surface area contributed by atoms with E-state index in [4.69, 9.17) is 9.97 Å². The topological polar surface area (TPSA) is 37.8 Å². The van der Waals surface area contributed by atoms with E-state index in [2.05, 4.69) is 19.2 Å². The zero-order chi connectivity index (χ0) is 14.8. The van der Waals surface area contributed by atoms with Crippen LogP contribution in [-0.2, 0) is 19.4 Å². The molecule has 0 bridgehead atoms. The van der Waals surface area contributed by atoms with Gasteiger partial charge < -0.3 is 5.32 Å².